The standard InChI is InChI=1S/C20H18O8/c1-24-13-7-10(3-5-12(13)22)17-15(9-21)26-19-14(25-2)8-11-4-6-16(23)27-18(11)20(19)28-17/h3-8,15,17,21-22H,9H2,1-2H3/t15?,17-/m0/s1. The average Bonchev–Trinajstić information content (AvgIpc) is 2.72. The second-order valence-electron chi connectivity index (χ2n) is 6.22. The highest BCUT2D eigenvalue weighted by Gasteiger charge is 2.37. The Hall–Kier alpha value is -3.39. The number of phenols is 1. The van der Waals surface area contributed by atoms with Crippen LogP contribution in [0.1, 0.15) is 11.7 Å². The molecule has 0 saturated carbocycles. The van der Waals surface area contributed by atoms with Gasteiger partial charge in [0.1, 0.15) is 0 Å². The molecule has 1 aliphatic rings. The minimum atomic E-state index is -0.761. The van der Waals surface area contributed by atoms with E-state index < -0.39 is 17.8 Å². The average molecular weight is 386 g/mol. The van der Waals surface area contributed by atoms with E-state index in [2.05, 4.69) is 0 Å². The number of methoxy groups -OCH3 is 2. The molecule has 1 aliphatic heterocycles. The molecular formula is C20H18O8. The Morgan fingerprint density at radius 3 is 2.50 bits per heavy atom. The topological polar surface area (TPSA) is 108 Å². The van der Waals surface area contributed by atoms with Crippen LogP contribution in [0.4, 0.5) is 0 Å². The fourth-order valence-electron chi connectivity index (χ4n) is 3.21. The third-order valence-corrected chi connectivity index (χ3v) is 4.57. The largest absolute Gasteiger partial charge is 0.504 e. The predicted molar refractivity (Wildman–Crippen MR) is 98.6 cm³/mol. The summed E-state index contributed by atoms with van der Waals surface area (Å²) in [5, 5.41) is 20.3. The van der Waals surface area contributed by atoms with Crippen LogP contribution in [-0.2, 0) is 0 Å². The quantitative estimate of drug-likeness (QED) is 0.658. The van der Waals surface area contributed by atoms with Gasteiger partial charge in [-0.25, -0.2) is 4.79 Å². The SMILES string of the molecule is COc1cc([C@@H]2Oc3c(c(OC)cc4ccc(=O)oc34)OC2CO)ccc1O. The van der Waals surface area contributed by atoms with Crippen molar-refractivity contribution in [2.75, 3.05) is 20.8 Å². The van der Waals surface area contributed by atoms with Gasteiger partial charge in [-0.2, -0.15) is 0 Å². The summed E-state index contributed by atoms with van der Waals surface area (Å²) < 4.78 is 28.0. The van der Waals surface area contributed by atoms with Crippen molar-refractivity contribution < 1.29 is 33.6 Å². The Balaban J connectivity index is 1.89. The van der Waals surface area contributed by atoms with E-state index in [1.807, 2.05) is 0 Å². The second kappa shape index (κ2) is 6.97. The van der Waals surface area contributed by atoms with Gasteiger partial charge in [0.15, 0.2) is 35.0 Å². The summed E-state index contributed by atoms with van der Waals surface area (Å²) in [4.78, 5) is 11.7. The zero-order valence-electron chi connectivity index (χ0n) is 15.2. The Kier molecular flexibility index (Phi) is 4.48. The number of benzene rings is 2. The summed E-state index contributed by atoms with van der Waals surface area (Å²) in [5.41, 5.74) is 0.291. The van der Waals surface area contributed by atoms with Crippen LogP contribution in [0.5, 0.6) is 28.7 Å². The van der Waals surface area contributed by atoms with Crippen LogP contribution < -0.4 is 24.6 Å². The van der Waals surface area contributed by atoms with E-state index in [0.717, 1.165) is 0 Å². The molecule has 4 rings (SSSR count). The van der Waals surface area contributed by atoms with Gasteiger partial charge < -0.3 is 33.6 Å². The molecule has 0 aliphatic carbocycles. The lowest BCUT2D eigenvalue weighted by atomic mass is 10.0. The molecule has 2 aromatic carbocycles. The maximum absolute atomic E-state index is 11.7. The maximum Gasteiger partial charge on any atom is 0.336 e. The van der Waals surface area contributed by atoms with Gasteiger partial charge in [0, 0.05) is 17.0 Å². The van der Waals surface area contributed by atoms with Crippen molar-refractivity contribution >= 4 is 11.0 Å². The molecule has 8 heteroatoms. The first-order valence-corrected chi connectivity index (χ1v) is 8.51. The molecule has 0 saturated heterocycles. The third kappa shape index (κ3) is 2.87. The van der Waals surface area contributed by atoms with Gasteiger partial charge in [0.25, 0.3) is 0 Å². The molecule has 0 spiro atoms. The van der Waals surface area contributed by atoms with E-state index in [9.17, 15) is 15.0 Å². The summed E-state index contributed by atoms with van der Waals surface area (Å²) in [6.07, 6.45) is -1.50. The minimum absolute atomic E-state index is 0.0259. The van der Waals surface area contributed by atoms with Gasteiger partial charge in [0.2, 0.25) is 11.5 Å². The summed E-state index contributed by atoms with van der Waals surface area (Å²) in [7, 11) is 2.91. The van der Waals surface area contributed by atoms with Crippen molar-refractivity contribution in [3.8, 4) is 28.7 Å². The lowest BCUT2D eigenvalue weighted by Gasteiger charge is -2.34. The first kappa shape index (κ1) is 18.0. The van der Waals surface area contributed by atoms with Crippen molar-refractivity contribution in [3.05, 3.63) is 52.4 Å². The van der Waals surface area contributed by atoms with Gasteiger partial charge in [-0.05, 0) is 24.3 Å². The summed E-state index contributed by atoms with van der Waals surface area (Å²) in [6, 6.07) is 9.26. The Labute approximate surface area is 159 Å². The number of aromatic hydroxyl groups is 1. The zero-order chi connectivity index (χ0) is 19.8. The van der Waals surface area contributed by atoms with Crippen LogP contribution in [-0.4, -0.2) is 37.1 Å². The minimum Gasteiger partial charge on any atom is -0.504 e. The number of fused-ring (bicyclic) bond motifs is 3. The van der Waals surface area contributed by atoms with Crippen LogP contribution in [0.15, 0.2) is 45.6 Å². The van der Waals surface area contributed by atoms with E-state index in [0.29, 0.717) is 16.7 Å². The highest BCUT2D eigenvalue weighted by Crippen LogP contribution is 2.49. The van der Waals surface area contributed by atoms with Crippen molar-refractivity contribution in [3.63, 3.8) is 0 Å². The highest BCUT2D eigenvalue weighted by atomic mass is 16.6. The molecule has 0 bridgehead atoms. The normalized spacial score (nSPS) is 18.1. The number of aliphatic hydroxyl groups excluding tert-OH is 1. The molecule has 3 aromatic rings. The molecule has 2 atom stereocenters. The molecule has 2 N–H and O–H groups in total. The Morgan fingerprint density at radius 1 is 1.00 bits per heavy atom. The van der Waals surface area contributed by atoms with E-state index in [1.54, 1.807) is 24.3 Å². The van der Waals surface area contributed by atoms with Crippen molar-refractivity contribution in [2.45, 2.75) is 12.2 Å². The highest BCUT2D eigenvalue weighted by molar-refractivity contribution is 5.88. The first-order chi connectivity index (χ1) is 13.5. The van der Waals surface area contributed by atoms with Crippen LogP contribution >= 0.6 is 0 Å². The van der Waals surface area contributed by atoms with Gasteiger partial charge in [-0.15, -0.1) is 0 Å². The van der Waals surface area contributed by atoms with Crippen LogP contribution in [0.25, 0.3) is 11.0 Å². The van der Waals surface area contributed by atoms with Crippen molar-refractivity contribution in [1.29, 1.82) is 0 Å². The predicted octanol–water partition coefficient (Wildman–Crippen LogP) is 2.39. The van der Waals surface area contributed by atoms with E-state index in [1.165, 1.54) is 26.4 Å². The van der Waals surface area contributed by atoms with E-state index >= 15 is 0 Å². The molecule has 2 heterocycles. The Morgan fingerprint density at radius 2 is 1.79 bits per heavy atom. The van der Waals surface area contributed by atoms with Crippen molar-refractivity contribution in [2.24, 2.45) is 0 Å². The van der Waals surface area contributed by atoms with Gasteiger partial charge in [-0.1, -0.05) is 6.07 Å². The molecule has 146 valence electrons. The molecule has 0 amide bonds. The van der Waals surface area contributed by atoms with Gasteiger partial charge in [-0.3, -0.25) is 0 Å². The summed E-state index contributed by atoms with van der Waals surface area (Å²) in [6.45, 7) is -0.340. The monoisotopic (exact) mass is 386 g/mol. The van der Waals surface area contributed by atoms with E-state index in [-0.39, 0.29) is 35.2 Å². The number of ether oxygens (including phenoxy) is 4. The maximum atomic E-state index is 11.7. The number of phenolic OH excluding ortho intramolecular Hbond substituents is 1. The lowest BCUT2D eigenvalue weighted by molar-refractivity contribution is -0.0137. The smallest absolute Gasteiger partial charge is 0.336 e. The fraction of sp³-hybridized carbons (Fsp3) is 0.250. The molecule has 1 aromatic heterocycles. The van der Waals surface area contributed by atoms with Crippen molar-refractivity contribution in [1.82, 2.24) is 0 Å². The molecule has 1 unspecified atom stereocenters. The Bertz CT molecular complexity index is 1090. The van der Waals surface area contributed by atoms with Gasteiger partial charge in [0.05, 0.1) is 20.8 Å². The zero-order valence-corrected chi connectivity index (χ0v) is 15.2. The molecule has 28 heavy (non-hydrogen) atoms. The molecular weight excluding hydrogens is 368 g/mol. The van der Waals surface area contributed by atoms with Crippen LogP contribution in [0.3, 0.4) is 0 Å². The number of aliphatic hydroxyl groups is 1. The summed E-state index contributed by atoms with van der Waals surface area (Å²) in [5.74, 6) is 1.06. The molecule has 0 fully saturated rings. The summed E-state index contributed by atoms with van der Waals surface area (Å²) >= 11 is 0. The third-order valence-electron chi connectivity index (χ3n) is 4.57. The van der Waals surface area contributed by atoms with Crippen LogP contribution in [0, 0.1) is 0 Å². The molecule has 0 radical (unpaired) electrons. The van der Waals surface area contributed by atoms with Crippen LogP contribution in [0.2, 0.25) is 0 Å². The lowest BCUT2D eigenvalue weighted by Crippen LogP contribution is -2.36. The number of hydrogen-bond acceptors (Lipinski definition) is 8. The van der Waals surface area contributed by atoms with E-state index in [4.69, 9.17) is 23.4 Å². The fourth-order valence-corrected chi connectivity index (χ4v) is 3.21. The number of hydrogen-bond donors (Lipinski definition) is 2. The first-order valence-electron chi connectivity index (χ1n) is 8.51. The second-order valence-corrected chi connectivity index (χ2v) is 6.22. The van der Waals surface area contributed by atoms with Gasteiger partial charge >= 0.3 is 5.63 Å². The molecule has 8 nitrogen and oxygen atoms in total. The number of rotatable bonds is 4.